The zero-order valence-electron chi connectivity index (χ0n) is 9.68. The topological polar surface area (TPSA) is 79.4 Å². The van der Waals surface area contributed by atoms with Gasteiger partial charge in [-0.25, -0.2) is 9.97 Å². The second-order valence-electron chi connectivity index (χ2n) is 3.65. The number of aromatic nitrogens is 4. The first-order chi connectivity index (χ1) is 8.20. The molecule has 2 rings (SSSR count). The van der Waals surface area contributed by atoms with Crippen LogP contribution in [0, 0.1) is 18.3 Å². The summed E-state index contributed by atoms with van der Waals surface area (Å²) in [4.78, 5) is 8.22. The minimum atomic E-state index is 0.450. The molecule has 2 aromatic heterocycles. The van der Waals surface area contributed by atoms with Crippen molar-refractivity contribution >= 4 is 5.82 Å². The number of nitriles is 1. The molecule has 1 N–H and O–H groups in total. The van der Waals surface area contributed by atoms with Crippen LogP contribution in [0.3, 0.4) is 0 Å². The van der Waals surface area contributed by atoms with Gasteiger partial charge in [-0.15, -0.1) is 0 Å². The molecular weight excluding hydrogens is 216 g/mol. The lowest BCUT2D eigenvalue weighted by Crippen LogP contribution is -2.06. The zero-order chi connectivity index (χ0) is 12.3. The van der Waals surface area contributed by atoms with Crippen molar-refractivity contribution in [2.24, 2.45) is 7.05 Å². The first-order valence-electron chi connectivity index (χ1n) is 5.15. The first-order valence-corrected chi connectivity index (χ1v) is 5.15. The fourth-order valence-electron chi connectivity index (χ4n) is 1.46. The summed E-state index contributed by atoms with van der Waals surface area (Å²) in [5.74, 6) is 1.24. The molecule has 0 unspecified atom stereocenters. The summed E-state index contributed by atoms with van der Waals surface area (Å²) in [7, 11) is 1.81. The predicted octanol–water partition coefficient (Wildman–Crippen LogP) is 1.00. The molecule has 2 heterocycles. The van der Waals surface area contributed by atoms with Crippen LogP contribution in [0.1, 0.15) is 17.0 Å². The lowest BCUT2D eigenvalue weighted by Gasteiger charge is -2.06. The molecule has 0 saturated carbocycles. The SMILES string of the molecule is Cc1ccnc(NCc2ncn(C)n2)c1C#N. The van der Waals surface area contributed by atoms with Crippen molar-refractivity contribution in [1.82, 2.24) is 19.7 Å². The van der Waals surface area contributed by atoms with Gasteiger partial charge in [0.1, 0.15) is 18.2 Å². The van der Waals surface area contributed by atoms with E-state index in [9.17, 15) is 0 Å². The Bertz CT molecular complexity index is 566. The lowest BCUT2D eigenvalue weighted by molar-refractivity contribution is 0.747. The third-order valence-corrected chi connectivity index (χ3v) is 2.33. The average Bonchev–Trinajstić information content (AvgIpc) is 2.72. The van der Waals surface area contributed by atoms with Gasteiger partial charge in [0.15, 0.2) is 5.82 Å². The van der Waals surface area contributed by atoms with E-state index in [0.717, 1.165) is 5.56 Å². The molecule has 86 valence electrons. The Hall–Kier alpha value is -2.42. The summed E-state index contributed by atoms with van der Waals surface area (Å²) in [5, 5.41) is 16.2. The van der Waals surface area contributed by atoms with Crippen molar-refractivity contribution < 1.29 is 0 Å². The van der Waals surface area contributed by atoms with E-state index in [-0.39, 0.29) is 0 Å². The summed E-state index contributed by atoms with van der Waals surface area (Å²) in [6.07, 6.45) is 3.30. The Morgan fingerprint density at radius 3 is 2.94 bits per heavy atom. The molecule has 6 nitrogen and oxygen atoms in total. The van der Waals surface area contributed by atoms with Crippen molar-refractivity contribution in [2.75, 3.05) is 5.32 Å². The van der Waals surface area contributed by atoms with Crippen molar-refractivity contribution in [3.05, 3.63) is 35.5 Å². The van der Waals surface area contributed by atoms with Crippen molar-refractivity contribution in [1.29, 1.82) is 5.26 Å². The van der Waals surface area contributed by atoms with E-state index >= 15 is 0 Å². The number of aryl methyl sites for hydroxylation is 2. The number of nitrogens with zero attached hydrogens (tertiary/aromatic N) is 5. The number of hydrogen-bond donors (Lipinski definition) is 1. The molecule has 6 heteroatoms. The molecule has 0 fully saturated rings. The van der Waals surface area contributed by atoms with E-state index in [0.29, 0.717) is 23.8 Å². The zero-order valence-corrected chi connectivity index (χ0v) is 9.68. The van der Waals surface area contributed by atoms with Crippen LogP contribution in [0.2, 0.25) is 0 Å². The van der Waals surface area contributed by atoms with Crippen LogP contribution >= 0.6 is 0 Å². The molecule has 0 saturated heterocycles. The highest BCUT2D eigenvalue weighted by atomic mass is 15.3. The van der Waals surface area contributed by atoms with Crippen molar-refractivity contribution in [3.8, 4) is 6.07 Å². The Morgan fingerprint density at radius 2 is 2.29 bits per heavy atom. The highest BCUT2D eigenvalue weighted by Crippen LogP contribution is 2.15. The number of anilines is 1. The van der Waals surface area contributed by atoms with Gasteiger partial charge in [0, 0.05) is 13.2 Å². The normalized spacial score (nSPS) is 9.94. The summed E-state index contributed by atoms with van der Waals surface area (Å²) >= 11 is 0. The Morgan fingerprint density at radius 1 is 1.47 bits per heavy atom. The van der Waals surface area contributed by atoms with Crippen LogP contribution in [-0.4, -0.2) is 19.7 Å². The largest absolute Gasteiger partial charge is 0.362 e. The number of hydrogen-bond acceptors (Lipinski definition) is 5. The van der Waals surface area contributed by atoms with Gasteiger partial charge in [0.05, 0.1) is 12.1 Å². The van der Waals surface area contributed by atoms with E-state index in [2.05, 4.69) is 26.5 Å². The molecule has 0 spiro atoms. The van der Waals surface area contributed by atoms with Gasteiger partial charge in [0.2, 0.25) is 0 Å². The van der Waals surface area contributed by atoms with Gasteiger partial charge < -0.3 is 5.32 Å². The molecule has 2 aromatic rings. The minimum absolute atomic E-state index is 0.450. The lowest BCUT2D eigenvalue weighted by atomic mass is 10.1. The third kappa shape index (κ3) is 2.39. The molecule has 0 aliphatic rings. The van der Waals surface area contributed by atoms with Gasteiger partial charge in [-0.1, -0.05) is 0 Å². The van der Waals surface area contributed by atoms with Crippen molar-refractivity contribution in [3.63, 3.8) is 0 Å². The van der Waals surface area contributed by atoms with Gasteiger partial charge in [-0.3, -0.25) is 4.68 Å². The first kappa shape index (κ1) is 11.1. The van der Waals surface area contributed by atoms with E-state index in [4.69, 9.17) is 5.26 Å². The van der Waals surface area contributed by atoms with Crippen LogP contribution in [0.4, 0.5) is 5.82 Å². The molecular formula is C11H12N6. The molecule has 0 radical (unpaired) electrons. The van der Waals surface area contributed by atoms with Crippen LogP contribution in [0.5, 0.6) is 0 Å². The molecule has 0 bridgehead atoms. The molecule has 0 amide bonds. The Kier molecular flexibility index (Phi) is 3.01. The van der Waals surface area contributed by atoms with Gasteiger partial charge in [-0.05, 0) is 18.6 Å². The number of pyridine rings is 1. The van der Waals surface area contributed by atoms with Crippen LogP contribution in [0.15, 0.2) is 18.6 Å². The van der Waals surface area contributed by atoms with Crippen LogP contribution in [-0.2, 0) is 13.6 Å². The summed E-state index contributed by atoms with van der Waals surface area (Å²) < 4.78 is 1.63. The Balaban J connectivity index is 2.14. The predicted molar refractivity (Wildman–Crippen MR) is 62.0 cm³/mol. The number of nitrogens with one attached hydrogen (secondary N) is 1. The quantitative estimate of drug-likeness (QED) is 0.847. The van der Waals surface area contributed by atoms with Gasteiger partial charge in [-0.2, -0.15) is 10.4 Å². The van der Waals surface area contributed by atoms with E-state index in [1.54, 1.807) is 17.2 Å². The summed E-state index contributed by atoms with van der Waals surface area (Å²) in [6.45, 7) is 2.33. The van der Waals surface area contributed by atoms with Crippen LogP contribution < -0.4 is 5.32 Å². The molecule has 0 aliphatic carbocycles. The smallest absolute Gasteiger partial charge is 0.169 e. The highest BCUT2D eigenvalue weighted by molar-refractivity contribution is 5.55. The molecule has 0 aliphatic heterocycles. The maximum absolute atomic E-state index is 9.04. The van der Waals surface area contributed by atoms with Crippen molar-refractivity contribution in [2.45, 2.75) is 13.5 Å². The summed E-state index contributed by atoms with van der Waals surface area (Å²) in [6, 6.07) is 3.94. The maximum atomic E-state index is 9.04. The minimum Gasteiger partial charge on any atom is -0.362 e. The van der Waals surface area contributed by atoms with Crippen LogP contribution in [0.25, 0.3) is 0 Å². The molecule has 17 heavy (non-hydrogen) atoms. The van der Waals surface area contributed by atoms with Gasteiger partial charge >= 0.3 is 0 Å². The second kappa shape index (κ2) is 4.61. The fourth-order valence-corrected chi connectivity index (χ4v) is 1.46. The standard InChI is InChI=1S/C11H12N6/c1-8-3-4-13-11(9(8)5-12)14-6-10-15-7-17(2)16-10/h3-4,7H,6H2,1-2H3,(H,13,14). The second-order valence-corrected chi connectivity index (χ2v) is 3.65. The molecule has 0 atom stereocenters. The number of rotatable bonds is 3. The third-order valence-electron chi connectivity index (χ3n) is 2.33. The highest BCUT2D eigenvalue weighted by Gasteiger charge is 2.07. The van der Waals surface area contributed by atoms with E-state index < -0.39 is 0 Å². The monoisotopic (exact) mass is 228 g/mol. The van der Waals surface area contributed by atoms with E-state index in [1.807, 2.05) is 20.0 Å². The Labute approximate surface area is 98.9 Å². The van der Waals surface area contributed by atoms with E-state index in [1.165, 1.54) is 0 Å². The average molecular weight is 228 g/mol. The van der Waals surface area contributed by atoms with Gasteiger partial charge in [0.25, 0.3) is 0 Å². The summed E-state index contributed by atoms with van der Waals surface area (Å²) in [5.41, 5.74) is 1.46. The molecule has 0 aromatic carbocycles. The fraction of sp³-hybridized carbons (Fsp3) is 0.273. The maximum Gasteiger partial charge on any atom is 0.169 e.